The van der Waals surface area contributed by atoms with Crippen LogP contribution in [0.5, 0.6) is 0 Å². The highest BCUT2D eigenvalue weighted by atomic mass is 15.3. The van der Waals surface area contributed by atoms with E-state index in [1.165, 1.54) is 0 Å². The van der Waals surface area contributed by atoms with E-state index in [1.54, 1.807) is 18.6 Å². The number of nitrogens with zero attached hydrogens (tertiary/aromatic N) is 5. The van der Waals surface area contributed by atoms with Crippen LogP contribution in [0.3, 0.4) is 0 Å². The molecule has 5 heteroatoms. The van der Waals surface area contributed by atoms with Crippen LogP contribution in [0, 0.1) is 25.2 Å². The Morgan fingerprint density at radius 3 is 2.71 bits per heavy atom. The number of hydrogen-bond donors (Lipinski definition) is 0. The van der Waals surface area contributed by atoms with Gasteiger partial charge in [0.15, 0.2) is 5.65 Å². The number of rotatable bonds is 2. The van der Waals surface area contributed by atoms with Crippen LogP contribution in [0.1, 0.15) is 23.7 Å². The summed E-state index contributed by atoms with van der Waals surface area (Å²) in [5.41, 5.74) is 4.98. The molecule has 0 aliphatic rings. The molecule has 0 aromatic carbocycles. The van der Waals surface area contributed by atoms with Gasteiger partial charge in [-0.2, -0.15) is 10.4 Å². The van der Waals surface area contributed by atoms with Crippen molar-refractivity contribution in [3.63, 3.8) is 0 Å². The van der Waals surface area contributed by atoms with E-state index in [1.807, 2.05) is 31.5 Å². The third kappa shape index (κ3) is 2.05. The van der Waals surface area contributed by atoms with Gasteiger partial charge in [0, 0.05) is 35.5 Å². The zero-order chi connectivity index (χ0) is 15.0. The summed E-state index contributed by atoms with van der Waals surface area (Å²) in [5, 5.41) is 14.8. The Morgan fingerprint density at radius 2 is 2.05 bits per heavy atom. The molecule has 21 heavy (non-hydrogen) atoms. The molecule has 0 unspecified atom stereocenters. The molecule has 0 radical (unpaired) electrons. The largest absolute Gasteiger partial charge is 0.264 e. The maximum absolute atomic E-state index is 9.52. The molecular formula is C16H15N5. The van der Waals surface area contributed by atoms with Gasteiger partial charge >= 0.3 is 0 Å². The average molecular weight is 277 g/mol. The fourth-order valence-corrected chi connectivity index (χ4v) is 2.56. The molecule has 3 rings (SSSR count). The average Bonchev–Trinajstić information content (AvgIpc) is 2.88. The van der Waals surface area contributed by atoms with Crippen LogP contribution in [0.25, 0.3) is 22.2 Å². The van der Waals surface area contributed by atoms with Crippen LogP contribution in [0.4, 0.5) is 0 Å². The Kier molecular flexibility index (Phi) is 3.15. The first-order valence-corrected chi connectivity index (χ1v) is 6.84. The van der Waals surface area contributed by atoms with Gasteiger partial charge in [-0.25, -0.2) is 9.67 Å². The lowest BCUT2D eigenvalue weighted by molar-refractivity contribution is 0.676. The van der Waals surface area contributed by atoms with Gasteiger partial charge in [0.2, 0.25) is 0 Å². The Balaban J connectivity index is 2.44. The molecule has 3 aromatic heterocycles. The topological polar surface area (TPSA) is 67.4 Å². The number of aryl methyl sites for hydroxylation is 3. The minimum absolute atomic E-state index is 0.588. The smallest absolute Gasteiger partial charge is 0.158 e. The predicted molar refractivity (Wildman–Crippen MR) is 80.6 cm³/mol. The molecular weight excluding hydrogens is 262 g/mol. The zero-order valence-electron chi connectivity index (χ0n) is 12.3. The highest BCUT2D eigenvalue weighted by Gasteiger charge is 2.17. The van der Waals surface area contributed by atoms with Gasteiger partial charge in [0.1, 0.15) is 6.07 Å². The minimum atomic E-state index is 0.588. The second kappa shape index (κ2) is 4.98. The Bertz CT molecular complexity index is 870. The van der Waals surface area contributed by atoms with Crippen molar-refractivity contribution in [2.45, 2.75) is 27.3 Å². The Morgan fingerprint density at radius 1 is 1.24 bits per heavy atom. The van der Waals surface area contributed by atoms with E-state index in [2.05, 4.69) is 21.1 Å². The fourth-order valence-electron chi connectivity index (χ4n) is 2.56. The van der Waals surface area contributed by atoms with Crippen LogP contribution >= 0.6 is 0 Å². The molecule has 0 aliphatic heterocycles. The van der Waals surface area contributed by atoms with Gasteiger partial charge in [0.05, 0.1) is 17.5 Å². The molecule has 0 spiro atoms. The van der Waals surface area contributed by atoms with E-state index in [4.69, 9.17) is 0 Å². The number of nitriles is 1. The highest BCUT2D eigenvalue weighted by molar-refractivity contribution is 5.96. The standard InChI is InChI=1S/C16H15N5/c1-4-21-16-14(9-19-21)15(13(6-17)11(3)20-16)12-5-10(2)7-18-8-12/h5,7-9H,4H2,1-3H3. The summed E-state index contributed by atoms with van der Waals surface area (Å²) in [4.78, 5) is 8.79. The summed E-state index contributed by atoms with van der Waals surface area (Å²) >= 11 is 0. The number of hydrogen-bond acceptors (Lipinski definition) is 4. The third-order valence-electron chi connectivity index (χ3n) is 3.54. The maximum atomic E-state index is 9.52. The number of fused-ring (bicyclic) bond motifs is 1. The van der Waals surface area contributed by atoms with Crippen molar-refractivity contribution >= 4 is 11.0 Å². The quantitative estimate of drug-likeness (QED) is 0.722. The van der Waals surface area contributed by atoms with Crippen molar-refractivity contribution in [3.05, 3.63) is 41.5 Å². The lowest BCUT2D eigenvalue weighted by atomic mass is 9.97. The van der Waals surface area contributed by atoms with Gasteiger partial charge in [-0.3, -0.25) is 4.98 Å². The van der Waals surface area contributed by atoms with Crippen LogP contribution in [0.2, 0.25) is 0 Å². The molecule has 104 valence electrons. The lowest BCUT2D eigenvalue weighted by Crippen LogP contribution is -2.01. The van der Waals surface area contributed by atoms with Crippen LogP contribution < -0.4 is 0 Å². The van der Waals surface area contributed by atoms with E-state index in [0.717, 1.165) is 40.0 Å². The monoisotopic (exact) mass is 277 g/mol. The third-order valence-corrected chi connectivity index (χ3v) is 3.54. The highest BCUT2D eigenvalue weighted by Crippen LogP contribution is 2.32. The molecule has 0 N–H and O–H groups in total. The van der Waals surface area contributed by atoms with Crippen molar-refractivity contribution in [1.29, 1.82) is 5.26 Å². The summed E-state index contributed by atoms with van der Waals surface area (Å²) in [5.74, 6) is 0. The normalized spacial score (nSPS) is 10.8. The molecule has 5 nitrogen and oxygen atoms in total. The molecule has 0 amide bonds. The molecule has 3 aromatic rings. The first-order chi connectivity index (χ1) is 10.2. The molecule has 0 fully saturated rings. The maximum Gasteiger partial charge on any atom is 0.158 e. The van der Waals surface area contributed by atoms with E-state index < -0.39 is 0 Å². The van der Waals surface area contributed by atoms with Crippen molar-refractivity contribution < 1.29 is 0 Å². The summed E-state index contributed by atoms with van der Waals surface area (Å²) in [6.45, 7) is 6.61. The molecule has 3 heterocycles. The number of pyridine rings is 2. The molecule has 0 saturated heterocycles. The molecule has 0 saturated carbocycles. The van der Waals surface area contributed by atoms with Crippen molar-refractivity contribution in [3.8, 4) is 17.2 Å². The van der Waals surface area contributed by atoms with E-state index in [0.29, 0.717) is 5.56 Å². The number of aromatic nitrogens is 4. The summed E-state index contributed by atoms with van der Waals surface area (Å²) in [6, 6.07) is 4.31. The molecule has 0 bridgehead atoms. The van der Waals surface area contributed by atoms with Crippen LogP contribution in [0.15, 0.2) is 24.7 Å². The van der Waals surface area contributed by atoms with Gasteiger partial charge in [-0.1, -0.05) is 0 Å². The zero-order valence-corrected chi connectivity index (χ0v) is 12.3. The predicted octanol–water partition coefficient (Wildman–Crippen LogP) is 3.00. The van der Waals surface area contributed by atoms with Crippen molar-refractivity contribution in [2.24, 2.45) is 0 Å². The van der Waals surface area contributed by atoms with Gasteiger partial charge in [0.25, 0.3) is 0 Å². The van der Waals surface area contributed by atoms with E-state index in [9.17, 15) is 5.26 Å². The second-order valence-electron chi connectivity index (χ2n) is 5.01. The van der Waals surface area contributed by atoms with Crippen molar-refractivity contribution in [1.82, 2.24) is 19.7 Å². The second-order valence-corrected chi connectivity index (χ2v) is 5.01. The van der Waals surface area contributed by atoms with Crippen LogP contribution in [-0.2, 0) is 6.54 Å². The first kappa shape index (κ1) is 13.3. The Labute approximate surface area is 122 Å². The van der Waals surface area contributed by atoms with Gasteiger partial charge < -0.3 is 0 Å². The van der Waals surface area contributed by atoms with Gasteiger partial charge in [-0.05, 0) is 32.4 Å². The van der Waals surface area contributed by atoms with Crippen LogP contribution in [-0.4, -0.2) is 19.7 Å². The first-order valence-electron chi connectivity index (χ1n) is 6.84. The summed E-state index contributed by atoms with van der Waals surface area (Å²) in [6.07, 6.45) is 5.37. The summed E-state index contributed by atoms with van der Waals surface area (Å²) in [7, 11) is 0. The van der Waals surface area contributed by atoms with E-state index >= 15 is 0 Å². The molecule has 0 atom stereocenters. The minimum Gasteiger partial charge on any atom is -0.264 e. The lowest BCUT2D eigenvalue weighted by Gasteiger charge is -2.09. The van der Waals surface area contributed by atoms with Crippen molar-refractivity contribution in [2.75, 3.05) is 0 Å². The summed E-state index contributed by atoms with van der Waals surface area (Å²) < 4.78 is 1.84. The van der Waals surface area contributed by atoms with E-state index in [-0.39, 0.29) is 0 Å². The van der Waals surface area contributed by atoms with Gasteiger partial charge in [-0.15, -0.1) is 0 Å². The molecule has 0 aliphatic carbocycles. The Hall–Kier alpha value is -2.74. The fraction of sp³-hybridized carbons (Fsp3) is 0.250. The SMILES string of the molecule is CCn1ncc2c(-c3cncc(C)c3)c(C#N)c(C)nc21.